The summed E-state index contributed by atoms with van der Waals surface area (Å²) in [4.78, 5) is 28.7. The predicted octanol–water partition coefficient (Wildman–Crippen LogP) is 3.95. The molecule has 2 aromatic heterocycles. The highest BCUT2D eigenvalue weighted by atomic mass is 16.5. The van der Waals surface area contributed by atoms with Crippen LogP contribution in [0.3, 0.4) is 0 Å². The van der Waals surface area contributed by atoms with Crippen LogP contribution in [0.2, 0.25) is 0 Å². The van der Waals surface area contributed by atoms with Gasteiger partial charge < -0.3 is 19.2 Å². The summed E-state index contributed by atoms with van der Waals surface area (Å²) in [5.41, 5.74) is 2.27. The Morgan fingerprint density at radius 3 is 2.56 bits per heavy atom. The number of hydrogen-bond donors (Lipinski definition) is 1. The Bertz CT molecular complexity index is 1280. The van der Waals surface area contributed by atoms with Crippen molar-refractivity contribution in [2.75, 3.05) is 7.11 Å². The highest BCUT2D eigenvalue weighted by Crippen LogP contribution is 2.31. The van der Waals surface area contributed by atoms with Gasteiger partial charge in [-0.1, -0.05) is 18.2 Å². The lowest BCUT2D eigenvalue weighted by atomic mass is 10.0. The number of amides is 1. The molecule has 1 amide bonds. The predicted molar refractivity (Wildman–Crippen MR) is 121 cm³/mol. The monoisotopic (exact) mass is 430 g/mol. The third-order valence-corrected chi connectivity index (χ3v) is 4.97. The van der Waals surface area contributed by atoms with Gasteiger partial charge in [-0.05, 0) is 54.4 Å². The Morgan fingerprint density at radius 1 is 1.06 bits per heavy atom. The van der Waals surface area contributed by atoms with E-state index < -0.39 is 11.7 Å². The van der Waals surface area contributed by atoms with Crippen LogP contribution in [0.1, 0.15) is 12.6 Å². The second kappa shape index (κ2) is 9.34. The first-order chi connectivity index (χ1) is 15.5. The summed E-state index contributed by atoms with van der Waals surface area (Å²) in [6, 6.07) is 19.6. The number of carbonyl (C=O) groups excluding carboxylic acids is 1. The molecule has 0 bridgehead atoms. The standard InChI is InChI=1S/C25H22N2O5/c1-16(25(29)27-15-18-5-3-4-12-26-18)31-20-10-11-21-22(14-24(28)32-23(21)13-20)17-6-8-19(30-2)9-7-17/h3-14,16H,15H2,1-2H3,(H,27,29)/t16-/m1/s1. The van der Waals surface area contributed by atoms with E-state index >= 15 is 0 Å². The lowest BCUT2D eigenvalue weighted by molar-refractivity contribution is -0.127. The van der Waals surface area contributed by atoms with Crippen molar-refractivity contribution in [1.82, 2.24) is 10.3 Å². The summed E-state index contributed by atoms with van der Waals surface area (Å²) in [5.74, 6) is 0.879. The summed E-state index contributed by atoms with van der Waals surface area (Å²) < 4.78 is 16.4. The topological polar surface area (TPSA) is 90.7 Å². The summed E-state index contributed by atoms with van der Waals surface area (Å²) in [5, 5.41) is 3.55. The molecule has 0 fully saturated rings. The van der Waals surface area contributed by atoms with Crippen LogP contribution in [0.5, 0.6) is 11.5 Å². The largest absolute Gasteiger partial charge is 0.497 e. The van der Waals surface area contributed by atoms with E-state index in [0.717, 1.165) is 28.0 Å². The molecule has 2 aromatic carbocycles. The summed E-state index contributed by atoms with van der Waals surface area (Å²) in [7, 11) is 1.60. The van der Waals surface area contributed by atoms with Crippen molar-refractivity contribution < 1.29 is 18.7 Å². The number of nitrogens with one attached hydrogen (secondary N) is 1. The zero-order chi connectivity index (χ0) is 22.5. The first kappa shape index (κ1) is 21.1. The van der Waals surface area contributed by atoms with Gasteiger partial charge in [-0.2, -0.15) is 0 Å². The van der Waals surface area contributed by atoms with Gasteiger partial charge in [0.15, 0.2) is 6.10 Å². The average Bonchev–Trinajstić information content (AvgIpc) is 2.82. The second-order valence-electron chi connectivity index (χ2n) is 7.16. The number of fused-ring (bicyclic) bond motifs is 1. The number of hydrogen-bond acceptors (Lipinski definition) is 6. The summed E-state index contributed by atoms with van der Waals surface area (Å²) in [6.45, 7) is 1.97. The van der Waals surface area contributed by atoms with Crippen LogP contribution in [-0.4, -0.2) is 24.1 Å². The van der Waals surface area contributed by atoms with E-state index in [2.05, 4.69) is 10.3 Å². The molecule has 0 unspecified atom stereocenters. The molecule has 1 N–H and O–H groups in total. The zero-order valence-electron chi connectivity index (χ0n) is 17.7. The van der Waals surface area contributed by atoms with E-state index in [1.807, 2.05) is 48.5 Å². The van der Waals surface area contributed by atoms with Gasteiger partial charge in [0.25, 0.3) is 5.91 Å². The maximum absolute atomic E-state index is 12.4. The summed E-state index contributed by atoms with van der Waals surface area (Å²) >= 11 is 0. The molecule has 0 aliphatic carbocycles. The molecule has 7 nitrogen and oxygen atoms in total. The fourth-order valence-electron chi connectivity index (χ4n) is 3.31. The number of rotatable bonds is 7. The van der Waals surface area contributed by atoms with Crippen LogP contribution in [0.25, 0.3) is 22.1 Å². The molecule has 2 heterocycles. The minimum atomic E-state index is -0.743. The van der Waals surface area contributed by atoms with Crippen molar-refractivity contribution >= 4 is 16.9 Å². The van der Waals surface area contributed by atoms with Gasteiger partial charge in [0.1, 0.15) is 17.1 Å². The third kappa shape index (κ3) is 4.78. The van der Waals surface area contributed by atoms with Gasteiger partial charge >= 0.3 is 5.63 Å². The van der Waals surface area contributed by atoms with Crippen molar-refractivity contribution in [2.24, 2.45) is 0 Å². The van der Waals surface area contributed by atoms with Crippen molar-refractivity contribution in [1.29, 1.82) is 0 Å². The highest BCUT2D eigenvalue weighted by Gasteiger charge is 2.16. The van der Waals surface area contributed by atoms with Gasteiger partial charge in [-0.3, -0.25) is 9.78 Å². The van der Waals surface area contributed by atoms with Crippen LogP contribution in [0.4, 0.5) is 0 Å². The Labute approximate surface area is 184 Å². The van der Waals surface area contributed by atoms with Crippen molar-refractivity contribution in [3.8, 4) is 22.6 Å². The lowest BCUT2D eigenvalue weighted by Gasteiger charge is -2.15. The van der Waals surface area contributed by atoms with Gasteiger partial charge in [0.05, 0.1) is 19.3 Å². The van der Waals surface area contributed by atoms with Crippen molar-refractivity contribution in [2.45, 2.75) is 19.6 Å². The normalized spacial score (nSPS) is 11.7. The first-order valence-electron chi connectivity index (χ1n) is 10.1. The molecule has 1 atom stereocenters. The molecule has 4 rings (SSSR count). The van der Waals surface area contributed by atoms with Crippen LogP contribution in [-0.2, 0) is 11.3 Å². The minimum absolute atomic E-state index is 0.274. The maximum atomic E-state index is 12.4. The zero-order valence-corrected chi connectivity index (χ0v) is 17.7. The van der Waals surface area contributed by atoms with E-state index in [4.69, 9.17) is 13.9 Å². The van der Waals surface area contributed by atoms with Gasteiger partial charge in [0.2, 0.25) is 0 Å². The van der Waals surface area contributed by atoms with Crippen LogP contribution in [0, 0.1) is 0 Å². The average molecular weight is 430 g/mol. The van der Waals surface area contributed by atoms with E-state index in [0.29, 0.717) is 17.9 Å². The molecule has 4 aromatic rings. The number of benzene rings is 2. The fraction of sp³-hybridized carbons (Fsp3) is 0.160. The second-order valence-corrected chi connectivity index (χ2v) is 7.16. The van der Waals surface area contributed by atoms with Gasteiger partial charge in [0, 0.05) is 23.7 Å². The smallest absolute Gasteiger partial charge is 0.336 e. The fourth-order valence-corrected chi connectivity index (χ4v) is 3.31. The number of nitrogens with zero attached hydrogens (tertiary/aromatic N) is 1. The Hall–Kier alpha value is -4.13. The number of methoxy groups -OCH3 is 1. The molecule has 0 aliphatic heterocycles. The minimum Gasteiger partial charge on any atom is -0.497 e. The number of aromatic nitrogens is 1. The Kier molecular flexibility index (Phi) is 6.17. The molecule has 0 saturated heterocycles. The van der Waals surface area contributed by atoms with E-state index in [1.165, 1.54) is 6.07 Å². The van der Waals surface area contributed by atoms with Crippen LogP contribution in [0.15, 0.2) is 82.1 Å². The van der Waals surface area contributed by atoms with E-state index in [-0.39, 0.29) is 5.91 Å². The van der Waals surface area contributed by atoms with Crippen LogP contribution < -0.4 is 20.4 Å². The quantitative estimate of drug-likeness (QED) is 0.447. The molecule has 0 radical (unpaired) electrons. The van der Waals surface area contributed by atoms with Crippen LogP contribution >= 0.6 is 0 Å². The lowest BCUT2D eigenvalue weighted by Crippen LogP contribution is -2.36. The number of ether oxygens (including phenoxy) is 2. The molecular formula is C25H22N2O5. The van der Waals surface area contributed by atoms with E-state index in [1.54, 1.807) is 32.4 Å². The molecule has 32 heavy (non-hydrogen) atoms. The van der Waals surface area contributed by atoms with Gasteiger partial charge in [-0.15, -0.1) is 0 Å². The van der Waals surface area contributed by atoms with E-state index in [9.17, 15) is 9.59 Å². The maximum Gasteiger partial charge on any atom is 0.336 e. The molecule has 0 saturated carbocycles. The molecular weight excluding hydrogens is 408 g/mol. The Morgan fingerprint density at radius 2 is 1.84 bits per heavy atom. The van der Waals surface area contributed by atoms with Gasteiger partial charge in [-0.25, -0.2) is 4.79 Å². The summed E-state index contributed by atoms with van der Waals surface area (Å²) in [6.07, 6.45) is 0.928. The first-order valence-corrected chi connectivity index (χ1v) is 10.1. The number of carbonyl (C=O) groups is 1. The molecule has 0 spiro atoms. The molecule has 7 heteroatoms. The SMILES string of the molecule is COc1ccc(-c2cc(=O)oc3cc(O[C@H](C)C(=O)NCc4ccccn4)ccc23)cc1. The van der Waals surface area contributed by atoms with Crippen molar-refractivity contribution in [3.63, 3.8) is 0 Å². The van der Waals surface area contributed by atoms with Crippen molar-refractivity contribution in [3.05, 3.63) is 89.0 Å². The number of pyridine rings is 1. The molecule has 162 valence electrons. The molecule has 0 aliphatic rings. The Balaban J connectivity index is 1.53. The third-order valence-electron chi connectivity index (χ3n) is 4.97. The highest BCUT2D eigenvalue weighted by molar-refractivity contribution is 5.94.